The fraction of sp³-hybridized carbons (Fsp3) is 0.294. The Labute approximate surface area is 143 Å². The zero-order valence-electron chi connectivity index (χ0n) is 13.7. The van der Waals surface area contributed by atoms with Crippen LogP contribution < -0.4 is 15.3 Å². The molecule has 126 valence electrons. The van der Waals surface area contributed by atoms with E-state index in [-0.39, 0.29) is 5.69 Å². The zero-order valence-corrected chi connectivity index (χ0v) is 13.7. The van der Waals surface area contributed by atoms with E-state index in [0.717, 1.165) is 19.4 Å². The smallest absolute Gasteiger partial charge is 0.333 e. The summed E-state index contributed by atoms with van der Waals surface area (Å²) in [6.07, 6.45) is 3.36. The summed E-state index contributed by atoms with van der Waals surface area (Å²) in [6.45, 7) is 1.29. The molecule has 0 aliphatic carbocycles. The predicted molar refractivity (Wildman–Crippen MR) is 92.2 cm³/mol. The summed E-state index contributed by atoms with van der Waals surface area (Å²) in [5.41, 5.74) is 1.13. The Balaban J connectivity index is 2.04. The van der Waals surface area contributed by atoms with Crippen molar-refractivity contribution in [2.45, 2.75) is 12.8 Å². The topological polar surface area (TPSA) is 99.8 Å². The van der Waals surface area contributed by atoms with Gasteiger partial charge in [-0.1, -0.05) is 0 Å². The number of nitrogens with zero attached hydrogens (tertiary/aromatic N) is 5. The summed E-state index contributed by atoms with van der Waals surface area (Å²) >= 11 is 0. The molecule has 0 spiro atoms. The molecule has 8 nitrogen and oxygen atoms in total. The second kappa shape index (κ2) is 5.94. The third-order valence-electron chi connectivity index (χ3n) is 4.26. The monoisotopic (exact) mass is 336 g/mol. The molecule has 1 N–H and O–H groups in total. The van der Waals surface area contributed by atoms with Gasteiger partial charge in [0.1, 0.15) is 29.0 Å². The van der Waals surface area contributed by atoms with Crippen LogP contribution in [-0.2, 0) is 0 Å². The van der Waals surface area contributed by atoms with Crippen molar-refractivity contribution in [3.63, 3.8) is 0 Å². The molecule has 0 radical (unpaired) electrons. The minimum atomic E-state index is -0.346. The van der Waals surface area contributed by atoms with E-state index in [1.807, 2.05) is 11.9 Å². The summed E-state index contributed by atoms with van der Waals surface area (Å²) in [5.74, 6) is 1.58. The number of pyridine rings is 2. The molecule has 4 heterocycles. The lowest BCUT2D eigenvalue weighted by Crippen LogP contribution is -2.24. The van der Waals surface area contributed by atoms with E-state index in [1.54, 1.807) is 24.4 Å². The lowest BCUT2D eigenvalue weighted by atomic mass is 10.2. The van der Waals surface area contributed by atoms with Crippen molar-refractivity contribution in [1.29, 1.82) is 5.26 Å². The summed E-state index contributed by atoms with van der Waals surface area (Å²) in [6, 6.07) is 7.25. The van der Waals surface area contributed by atoms with Gasteiger partial charge >= 0.3 is 5.69 Å². The van der Waals surface area contributed by atoms with Gasteiger partial charge in [0.15, 0.2) is 5.65 Å². The maximum atomic E-state index is 12.5. The Bertz CT molecular complexity index is 1050. The molecule has 1 aliphatic rings. The largest absolute Gasteiger partial charge is 0.491 e. The van der Waals surface area contributed by atoms with Crippen LogP contribution in [-0.4, -0.2) is 39.7 Å². The molecule has 3 aromatic heterocycles. The summed E-state index contributed by atoms with van der Waals surface area (Å²) in [4.78, 5) is 26.0. The van der Waals surface area contributed by atoms with Gasteiger partial charge in [0.2, 0.25) is 0 Å². The van der Waals surface area contributed by atoms with Gasteiger partial charge in [-0.3, -0.25) is 4.98 Å². The fourth-order valence-corrected chi connectivity index (χ4v) is 3.02. The van der Waals surface area contributed by atoms with Gasteiger partial charge in [-0.05, 0) is 25.0 Å². The Morgan fingerprint density at radius 3 is 3.04 bits per heavy atom. The van der Waals surface area contributed by atoms with Crippen LogP contribution >= 0.6 is 0 Å². The van der Waals surface area contributed by atoms with Crippen molar-refractivity contribution in [2.24, 2.45) is 0 Å². The van der Waals surface area contributed by atoms with Gasteiger partial charge in [-0.25, -0.2) is 19.3 Å². The van der Waals surface area contributed by atoms with E-state index in [0.29, 0.717) is 40.7 Å². The molecule has 0 aromatic carbocycles. The van der Waals surface area contributed by atoms with Crippen LogP contribution in [0.2, 0.25) is 0 Å². The van der Waals surface area contributed by atoms with Gasteiger partial charge in [0, 0.05) is 25.9 Å². The highest BCUT2D eigenvalue weighted by Crippen LogP contribution is 2.26. The lowest BCUT2D eigenvalue weighted by molar-refractivity contribution is 0.310. The highest BCUT2D eigenvalue weighted by atomic mass is 16.5. The molecule has 0 fully saturated rings. The quantitative estimate of drug-likeness (QED) is 0.669. The van der Waals surface area contributed by atoms with Crippen molar-refractivity contribution in [1.82, 2.24) is 19.5 Å². The van der Waals surface area contributed by atoms with Crippen LogP contribution in [0, 0.1) is 11.3 Å². The van der Waals surface area contributed by atoms with E-state index >= 15 is 0 Å². The number of H-pyrrole nitrogens is 1. The van der Waals surface area contributed by atoms with E-state index in [4.69, 9.17) is 4.74 Å². The maximum absolute atomic E-state index is 12.5. The summed E-state index contributed by atoms with van der Waals surface area (Å²) < 4.78 is 7.32. The Morgan fingerprint density at radius 1 is 1.32 bits per heavy atom. The van der Waals surface area contributed by atoms with Gasteiger partial charge in [-0.15, -0.1) is 0 Å². The molecule has 0 atom stereocenters. The first kappa shape index (κ1) is 15.2. The number of hydrogen-bond donors (Lipinski definition) is 1. The number of aromatic nitrogens is 4. The number of hydrogen-bond acceptors (Lipinski definition) is 6. The number of nitriles is 1. The molecular formula is C17H16N6O2. The first-order chi connectivity index (χ1) is 12.2. The molecule has 0 saturated carbocycles. The molecule has 8 heteroatoms. The van der Waals surface area contributed by atoms with Crippen LogP contribution in [0.15, 0.2) is 29.2 Å². The average molecular weight is 336 g/mol. The van der Waals surface area contributed by atoms with E-state index in [1.165, 1.54) is 4.57 Å². The van der Waals surface area contributed by atoms with E-state index in [2.05, 4.69) is 21.0 Å². The van der Waals surface area contributed by atoms with Crippen LogP contribution in [0.5, 0.6) is 5.75 Å². The number of imidazole rings is 1. The third kappa shape index (κ3) is 2.50. The van der Waals surface area contributed by atoms with Gasteiger partial charge < -0.3 is 9.64 Å². The molecule has 25 heavy (non-hydrogen) atoms. The number of fused-ring (bicyclic) bond motifs is 3. The molecule has 4 rings (SSSR count). The molecular weight excluding hydrogens is 320 g/mol. The lowest BCUT2D eigenvalue weighted by Gasteiger charge is -2.21. The molecule has 0 amide bonds. The SMILES string of the molecule is CN1CCCCOc2ccnc3[nH]c(=O)n(c23)-c2ccc(C#N)c1n2. The average Bonchev–Trinajstić information content (AvgIpc) is 2.96. The highest BCUT2D eigenvalue weighted by Gasteiger charge is 2.19. The second-order valence-corrected chi connectivity index (χ2v) is 5.90. The van der Waals surface area contributed by atoms with Crippen molar-refractivity contribution in [3.8, 4) is 17.6 Å². The number of ether oxygens (including phenoxy) is 1. The molecule has 2 bridgehead atoms. The zero-order chi connectivity index (χ0) is 17.4. The van der Waals surface area contributed by atoms with Crippen LogP contribution in [0.25, 0.3) is 17.0 Å². The first-order valence-corrected chi connectivity index (χ1v) is 8.04. The Morgan fingerprint density at radius 2 is 2.20 bits per heavy atom. The van der Waals surface area contributed by atoms with Gasteiger partial charge in [-0.2, -0.15) is 5.26 Å². The Kier molecular flexibility index (Phi) is 3.61. The molecule has 0 saturated heterocycles. The maximum Gasteiger partial charge on any atom is 0.333 e. The number of anilines is 1. The van der Waals surface area contributed by atoms with Crippen molar-refractivity contribution >= 4 is 17.0 Å². The molecule has 1 aliphatic heterocycles. The van der Waals surface area contributed by atoms with Crippen molar-refractivity contribution in [2.75, 3.05) is 25.1 Å². The number of aromatic amines is 1. The van der Waals surface area contributed by atoms with Gasteiger partial charge in [0.05, 0.1) is 12.2 Å². The normalized spacial score (nSPS) is 14.3. The van der Waals surface area contributed by atoms with E-state index < -0.39 is 0 Å². The predicted octanol–water partition coefficient (Wildman–Crippen LogP) is 1.59. The standard InChI is InChI=1S/C17H16N6O2/c1-22-8-2-3-9-25-12-6-7-19-15-14(12)23(17(24)21-15)13-5-4-11(10-18)16(22)20-13/h4-7H,2-3,8-9H2,1H3,(H,19,21,24). The number of rotatable bonds is 0. The number of nitrogens with one attached hydrogen (secondary N) is 1. The third-order valence-corrected chi connectivity index (χ3v) is 4.26. The van der Waals surface area contributed by atoms with E-state index in [9.17, 15) is 10.1 Å². The fourth-order valence-electron chi connectivity index (χ4n) is 3.02. The van der Waals surface area contributed by atoms with Crippen molar-refractivity contribution in [3.05, 3.63) is 40.4 Å². The first-order valence-electron chi connectivity index (χ1n) is 8.04. The molecule has 3 aromatic rings. The van der Waals surface area contributed by atoms with Crippen molar-refractivity contribution < 1.29 is 4.74 Å². The summed E-state index contributed by atoms with van der Waals surface area (Å²) in [5, 5.41) is 9.37. The van der Waals surface area contributed by atoms with Crippen LogP contribution in [0.4, 0.5) is 5.82 Å². The highest BCUT2D eigenvalue weighted by molar-refractivity contribution is 5.80. The van der Waals surface area contributed by atoms with Crippen LogP contribution in [0.3, 0.4) is 0 Å². The Hall–Kier alpha value is -3.34. The molecule has 0 unspecified atom stereocenters. The minimum absolute atomic E-state index is 0.346. The second-order valence-electron chi connectivity index (χ2n) is 5.90. The summed E-state index contributed by atoms with van der Waals surface area (Å²) in [7, 11) is 1.89. The van der Waals surface area contributed by atoms with Gasteiger partial charge in [0.25, 0.3) is 0 Å². The van der Waals surface area contributed by atoms with Crippen LogP contribution in [0.1, 0.15) is 18.4 Å². The minimum Gasteiger partial charge on any atom is -0.491 e.